The Kier molecular flexibility index (Phi) is 4.83. The van der Waals surface area contributed by atoms with Gasteiger partial charge in [0.1, 0.15) is 4.99 Å². The highest BCUT2D eigenvalue weighted by Crippen LogP contribution is 2.37. The Labute approximate surface area is 159 Å². The van der Waals surface area contributed by atoms with Gasteiger partial charge in [0.15, 0.2) is 11.5 Å². The lowest BCUT2D eigenvalue weighted by Crippen LogP contribution is -2.22. The normalized spacial score (nSPS) is 16.8. The summed E-state index contributed by atoms with van der Waals surface area (Å²) in [6.07, 6.45) is 4.99. The van der Waals surface area contributed by atoms with Gasteiger partial charge in [0, 0.05) is 30.4 Å². The fourth-order valence-corrected chi connectivity index (χ4v) is 4.15. The van der Waals surface area contributed by atoms with Crippen LogP contribution in [0, 0.1) is 0 Å². The number of rotatable bonds is 5. The molecule has 136 valence electrons. The number of hydrogen-bond acceptors (Lipinski definition) is 4. The third-order valence-electron chi connectivity index (χ3n) is 5.27. The van der Waals surface area contributed by atoms with E-state index in [-0.39, 0.29) is 6.10 Å². The maximum atomic E-state index is 6.23. The molecule has 0 saturated heterocycles. The van der Waals surface area contributed by atoms with E-state index in [1.165, 1.54) is 18.4 Å². The lowest BCUT2D eigenvalue weighted by molar-refractivity contribution is 0.201. The van der Waals surface area contributed by atoms with Crippen LogP contribution in [0.1, 0.15) is 42.4 Å². The predicted molar refractivity (Wildman–Crippen MR) is 108 cm³/mol. The topological polar surface area (TPSA) is 47.7 Å². The van der Waals surface area contributed by atoms with E-state index in [2.05, 4.69) is 29.2 Å². The molecule has 1 fully saturated rings. The van der Waals surface area contributed by atoms with Crippen LogP contribution in [0.5, 0.6) is 11.5 Å². The van der Waals surface area contributed by atoms with Crippen LogP contribution >= 0.6 is 12.2 Å². The summed E-state index contributed by atoms with van der Waals surface area (Å²) in [7, 11) is 1.68. The predicted octanol–water partition coefficient (Wildman–Crippen LogP) is 4.17. The highest BCUT2D eigenvalue weighted by molar-refractivity contribution is 7.81. The van der Waals surface area contributed by atoms with Gasteiger partial charge in [0.05, 0.1) is 13.2 Å². The number of nitrogens with zero attached hydrogens (tertiary/aromatic N) is 1. The van der Waals surface area contributed by atoms with Crippen LogP contribution in [0.2, 0.25) is 0 Å². The van der Waals surface area contributed by atoms with Gasteiger partial charge < -0.3 is 20.1 Å². The second-order valence-electron chi connectivity index (χ2n) is 6.95. The molecule has 2 aromatic carbocycles. The number of benzene rings is 2. The molecule has 1 aliphatic carbocycles. The van der Waals surface area contributed by atoms with Gasteiger partial charge in [-0.15, -0.1) is 0 Å². The number of anilines is 1. The molecule has 4 nitrogen and oxygen atoms in total. The quantitative estimate of drug-likeness (QED) is 0.803. The summed E-state index contributed by atoms with van der Waals surface area (Å²) < 4.78 is 11.7. The van der Waals surface area contributed by atoms with Crippen molar-refractivity contribution in [2.75, 3.05) is 12.0 Å². The molecule has 4 rings (SSSR count). The fourth-order valence-electron chi connectivity index (χ4n) is 3.79. The zero-order valence-corrected chi connectivity index (χ0v) is 15.8. The van der Waals surface area contributed by atoms with Crippen molar-refractivity contribution in [3.8, 4) is 11.5 Å². The minimum Gasteiger partial charge on any atom is -0.493 e. The summed E-state index contributed by atoms with van der Waals surface area (Å²) in [5.74, 6) is 1.58. The summed E-state index contributed by atoms with van der Waals surface area (Å²) in [5, 5.41) is 0. The first-order valence-corrected chi connectivity index (χ1v) is 9.59. The van der Waals surface area contributed by atoms with Gasteiger partial charge in [-0.1, -0.05) is 24.4 Å². The lowest BCUT2D eigenvalue weighted by Gasteiger charge is -2.22. The maximum Gasteiger partial charge on any atom is 0.163 e. The van der Waals surface area contributed by atoms with Crippen molar-refractivity contribution < 1.29 is 9.47 Å². The van der Waals surface area contributed by atoms with Crippen molar-refractivity contribution in [2.45, 2.75) is 44.9 Å². The van der Waals surface area contributed by atoms with Crippen LogP contribution in [-0.4, -0.2) is 18.2 Å². The second-order valence-corrected chi connectivity index (χ2v) is 7.33. The molecule has 1 saturated carbocycles. The first-order chi connectivity index (χ1) is 12.7. The molecule has 1 aliphatic heterocycles. The number of fused-ring (bicyclic) bond motifs is 1. The van der Waals surface area contributed by atoms with E-state index in [0.717, 1.165) is 52.7 Å². The molecular weight excluding hydrogens is 344 g/mol. The summed E-state index contributed by atoms with van der Waals surface area (Å²) in [6.45, 7) is 1.30. The standard InChI is InChI=1S/C21H24N2O2S/c1-24-19-9-8-16(11-20(19)25-17-4-2-3-5-17)23-13-15-7-6-14(12-22)10-18(15)21(23)26/h6-11,17H,2-5,12-13,22H2,1H3. The van der Waals surface area contributed by atoms with Gasteiger partial charge in [0.2, 0.25) is 0 Å². The number of nitrogens with two attached hydrogens (primary N) is 1. The molecule has 0 spiro atoms. The Balaban J connectivity index is 1.62. The highest BCUT2D eigenvalue weighted by atomic mass is 32.1. The third-order valence-corrected chi connectivity index (χ3v) is 5.71. The molecule has 0 atom stereocenters. The number of methoxy groups -OCH3 is 1. The van der Waals surface area contributed by atoms with E-state index < -0.39 is 0 Å². The molecule has 0 amide bonds. The Morgan fingerprint density at radius 1 is 1.12 bits per heavy atom. The minimum absolute atomic E-state index is 0.286. The Bertz CT molecular complexity index is 831. The molecule has 0 radical (unpaired) electrons. The van der Waals surface area contributed by atoms with Crippen LogP contribution in [0.25, 0.3) is 0 Å². The van der Waals surface area contributed by atoms with Crippen molar-refractivity contribution in [1.82, 2.24) is 0 Å². The van der Waals surface area contributed by atoms with Crippen LogP contribution in [0.15, 0.2) is 36.4 Å². The molecule has 2 aromatic rings. The molecule has 0 unspecified atom stereocenters. The largest absolute Gasteiger partial charge is 0.493 e. The third kappa shape index (κ3) is 3.17. The number of ether oxygens (including phenoxy) is 2. The van der Waals surface area contributed by atoms with Gasteiger partial charge in [-0.05, 0) is 55.0 Å². The summed E-state index contributed by atoms with van der Waals surface area (Å²) in [5.41, 5.74) is 10.3. The zero-order chi connectivity index (χ0) is 18.1. The Hall–Kier alpha value is -2.11. The summed E-state index contributed by atoms with van der Waals surface area (Å²) >= 11 is 5.75. The average molecular weight is 369 g/mol. The first kappa shape index (κ1) is 17.3. The van der Waals surface area contributed by atoms with Crippen LogP contribution < -0.4 is 20.1 Å². The molecule has 0 aromatic heterocycles. The van der Waals surface area contributed by atoms with E-state index in [1.54, 1.807) is 7.11 Å². The van der Waals surface area contributed by atoms with Gasteiger partial charge >= 0.3 is 0 Å². The van der Waals surface area contributed by atoms with Crippen LogP contribution in [-0.2, 0) is 13.1 Å². The van der Waals surface area contributed by atoms with E-state index in [4.69, 9.17) is 27.4 Å². The molecule has 5 heteroatoms. The van der Waals surface area contributed by atoms with Crippen molar-refractivity contribution in [3.63, 3.8) is 0 Å². The van der Waals surface area contributed by atoms with Crippen molar-refractivity contribution >= 4 is 22.9 Å². The lowest BCUT2D eigenvalue weighted by atomic mass is 10.1. The molecule has 0 bridgehead atoms. The van der Waals surface area contributed by atoms with Crippen LogP contribution in [0.4, 0.5) is 5.69 Å². The van der Waals surface area contributed by atoms with Crippen molar-refractivity contribution in [2.24, 2.45) is 5.73 Å². The first-order valence-electron chi connectivity index (χ1n) is 9.18. The smallest absolute Gasteiger partial charge is 0.163 e. The molecule has 1 heterocycles. The van der Waals surface area contributed by atoms with E-state index in [0.29, 0.717) is 6.54 Å². The SMILES string of the molecule is COc1ccc(N2Cc3ccc(CN)cc3C2=S)cc1OC1CCCC1. The molecule has 26 heavy (non-hydrogen) atoms. The van der Waals surface area contributed by atoms with Gasteiger partial charge in [-0.2, -0.15) is 0 Å². The maximum absolute atomic E-state index is 6.23. The van der Waals surface area contributed by atoms with E-state index >= 15 is 0 Å². The van der Waals surface area contributed by atoms with Crippen molar-refractivity contribution in [3.05, 3.63) is 53.1 Å². The zero-order valence-electron chi connectivity index (χ0n) is 15.0. The Morgan fingerprint density at radius 3 is 2.65 bits per heavy atom. The van der Waals surface area contributed by atoms with E-state index in [9.17, 15) is 0 Å². The molecular formula is C21H24N2O2S. The fraction of sp³-hybridized carbons (Fsp3) is 0.381. The average Bonchev–Trinajstić information content (AvgIpc) is 3.29. The Morgan fingerprint density at radius 2 is 1.92 bits per heavy atom. The van der Waals surface area contributed by atoms with Gasteiger partial charge in [-0.3, -0.25) is 0 Å². The minimum atomic E-state index is 0.286. The summed E-state index contributed by atoms with van der Waals surface area (Å²) in [6, 6.07) is 12.4. The van der Waals surface area contributed by atoms with Gasteiger partial charge in [-0.25, -0.2) is 0 Å². The van der Waals surface area contributed by atoms with E-state index in [1.807, 2.05) is 12.1 Å². The molecule has 2 N–H and O–H groups in total. The second kappa shape index (κ2) is 7.25. The summed E-state index contributed by atoms with van der Waals surface area (Å²) in [4.78, 5) is 2.99. The molecule has 2 aliphatic rings. The highest BCUT2D eigenvalue weighted by Gasteiger charge is 2.26. The monoisotopic (exact) mass is 368 g/mol. The number of hydrogen-bond donors (Lipinski definition) is 1. The van der Waals surface area contributed by atoms with Gasteiger partial charge in [0.25, 0.3) is 0 Å². The van der Waals surface area contributed by atoms with Crippen molar-refractivity contribution in [1.29, 1.82) is 0 Å². The number of thiocarbonyl (C=S) groups is 1. The van der Waals surface area contributed by atoms with Crippen LogP contribution in [0.3, 0.4) is 0 Å².